The predicted molar refractivity (Wildman–Crippen MR) is 112 cm³/mol. The fourth-order valence-corrected chi connectivity index (χ4v) is 4.32. The molecule has 1 fully saturated rings. The topological polar surface area (TPSA) is 78.0 Å². The standard InChI is InChI=1S/C21H24FN3O4S/c1-16-7-3-6-10-19(16)25(30(2,28)29)15-20(26)23-11-13-24(14-12-23)21(27)17-8-4-5-9-18(17)22/h3-10H,11-15H2,1-2H3. The molecule has 30 heavy (non-hydrogen) atoms. The van der Waals surface area contributed by atoms with E-state index in [1.807, 2.05) is 0 Å². The molecule has 2 aromatic carbocycles. The van der Waals surface area contributed by atoms with Crippen LogP contribution in [0.15, 0.2) is 48.5 Å². The number of benzene rings is 2. The van der Waals surface area contributed by atoms with E-state index in [-0.39, 0.29) is 44.2 Å². The molecule has 1 aliphatic rings. The monoisotopic (exact) mass is 433 g/mol. The van der Waals surface area contributed by atoms with Crippen LogP contribution in [0.2, 0.25) is 0 Å². The van der Waals surface area contributed by atoms with Gasteiger partial charge in [-0.15, -0.1) is 0 Å². The number of nitrogens with zero attached hydrogens (tertiary/aromatic N) is 3. The lowest BCUT2D eigenvalue weighted by Gasteiger charge is -2.36. The molecule has 160 valence electrons. The van der Waals surface area contributed by atoms with Crippen LogP contribution >= 0.6 is 0 Å². The van der Waals surface area contributed by atoms with E-state index in [0.717, 1.165) is 16.1 Å². The summed E-state index contributed by atoms with van der Waals surface area (Å²) >= 11 is 0. The molecule has 0 N–H and O–H groups in total. The maximum atomic E-state index is 13.9. The van der Waals surface area contributed by atoms with Gasteiger partial charge >= 0.3 is 0 Å². The lowest BCUT2D eigenvalue weighted by atomic mass is 10.1. The molecular weight excluding hydrogens is 409 g/mol. The molecule has 7 nitrogen and oxygen atoms in total. The summed E-state index contributed by atoms with van der Waals surface area (Å²) in [5.41, 5.74) is 1.21. The molecule has 0 aliphatic carbocycles. The summed E-state index contributed by atoms with van der Waals surface area (Å²) in [4.78, 5) is 28.3. The number of hydrogen-bond acceptors (Lipinski definition) is 4. The van der Waals surface area contributed by atoms with Crippen LogP contribution in [0, 0.1) is 12.7 Å². The zero-order valence-electron chi connectivity index (χ0n) is 16.9. The van der Waals surface area contributed by atoms with E-state index in [2.05, 4.69) is 0 Å². The minimum absolute atomic E-state index is 0.0000749. The molecule has 0 unspecified atom stereocenters. The zero-order valence-corrected chi connectivity index (χ0v) is 17.7. The van der Waals surface area contributed by atoms with Crippen molar-refractivity contribution in [3.8, 4) is 0 Å². The van der Waals surface area contributed by atoms with E-state index in [1.165, 1.54) is 28.0 Å². The number of piperazine rings is 1. The first-order chi connectivity index (χ1) is 14.2. The fraction of sp³-hybridized carbons (Fsp3) is 0.333. The number of halogens is 1. The Morgan fingerprint density at radius 1 is 0.967 bits per heavy atom. The Hall–Kier alpha value is -2.94. The molecule has 1 heterocycles. The highest BCUT2D eigenvalue weighted by atomic mass is 32.2. The highest BCUT2D eigenvalue weighted by Gasteiger charge is 2.29. The Balaban J connectivity index is 1.66. The largest absolute Gasteiger partial charge is 0.338 e. The van der Waals surface area contributed by atoms with Crippen molar-refractivity contribution in [3.05, 3.63) is 65.5 Å². The number of rotatable bonds is 5. The molecule has 9 heteroatoms. The van der Waals surface area contributed by atoms with Gasteiger partial charge in [0.05, 0.1) is 17.5 Å². The number of anilines is 1. The Labute approximate surface area is 175 Å². The van der Waals surface area contributed by atoms with Crippen molar-refractivity contribution in [2.45, 2.75) is 6.92 Å². The van der Waals surface area contributed by atoms with Crippen LogP contribution in [-0.2, 0) is 14.8 Å². The first-order valence-corrected chi connectivity index (χ1v) is 11.4. The summed E-state index contributed by atoms with van der Waals surface area (Å²) < 4.78 is 39.6. The summed E-state index contributed by atoms with van der Waals surface area (Å²) in [6.45, 7) is 2.48. The second-order valence-corrected chi connectivity index (χ2v) is 9.12. The predicted octanol–water partition coefficient (Wildman–Crippen LogP) is 1.88. The van der Waals surface area contributed by atoms with E-state index in [1.54, 1.807) is 37.3 Å². The molecule has 0 saturated carbocycles. The summed E-state index contributed by atoms with van der Waals surface area (Å²) in [7, 11) is -3.66. The van der Waals surface area contributed by atoms with Crippen molar-refractivity contribution in [2.24, 2.45) is 0 Å². The van der Waals surface area contributed by atoms with Crippen molar-refractivity contribution >= 4 is 27.5 Å². The Bertz CT molecular complexity index is 1050. The van der Waals surface area contributed by atoms with Gasteiger partial charge in [-0.25, -0.2) is 12.8 Å². The molecule has 1 aliphatic heterocycles. The van der Waals surface area contributed by atoms with Gasteiger partial charge in [-0.05, 0) is 30.7 Å². The summed E-state index contributed by atoms with van der Waals surface area (Å²) in [6.07, 6.45) is 1.07. The SMILES string of the molecule is Cc1ccccc1N(CC(=O)N1CCN(C(=O)c2ccccc2F)CC1)S(C)(=O)=O. The third-order valence-corrected chi connectivity index (χ3v) is 6.21. The second-order valence-electron chi connectivity index (χ2n) is 7.21. The van der Waals surface area contributed by atoms with Gasteiger partial charge in [0.15, 0.2) is 0 Å². The Kier molecular flexibility index (Phi) is 6.40. The van der Waals surface area contributed by atoms with Gasteiger partial charge in [-0.2, -0.15) is 0 Å². The number of carbonyl (C=O) groups excluding carboxylic acids is 2. The zero-order chi connectivity index (χ0) is 21.9. The maximum Gasteiger partial charge on any atom is 0.256 e. The van der Waals surface area contributed by atoms with Crippen LogP contribution in [0.4, 0.5) is 10.1 Å². The number of hydrogen-bond donors (Lipinski definition) is 0. The quantitative estimate of drug-likeness (QED) is 0.722. The van der Waals surface area contributed by atoms with Crippen LogP contribution in [0.3, 0.4) is 0 Å². The first kappa shape index (κ1) is 21.8. The highest BCUT2D eigenvalue weighted by molar-refractivity contribution is 7.92. The minimum atomic E-state index is -3.66. The molecule has 2 amide bonds. The lowest BCUT2D eigenvalue weighted by Crippen LogP contribution is -2.53. The van der Waals surface area contributed by atoms with Crippen LogP contribution in [-0.4, -0.2) is 69.0 Å². The molecular formula is C21H24FN3O4S. The van der Waals surface area contributed by atoms with E-state index in [4.69, 9.17) is 0 Å². The second kappa shape index (κ2) is 8.83. The number of aryl methyl sites for hydroxylation is 1. The molecule has 0 atom stereocenters. The van der Waals surface area contributed by atoms with Gasteiger partial charge in [0.25, 0.3) is 5.91 Å². The first-order valence-electron chi connectivity index (χ1n) is 9.53. The van der Waals surface area contributed by atoms with Gasteiger partial charge in [-0.1, -0.05) is 30.3 Å². The van der Waals surface area contributed by atoms with Crippen LogP contribution < -0.4 is 4.31 Å². The minimum Gasteiger partial charge on any atom is -0.338 e. The molecule has 2 aromatic rings. The normalized spacial score (nSPS) is 14.5. The van der Waals surface area contributed by atoms with E-state index in [9.17, 15) is 22.4 Å². The van der Waals surface area contributed by atoms with E-state index < -0.39 is 21.7 Å². The van der Waals surface area contributed by atoms with Crippen LogP contribution in [0.1, 0.15) is 15.9 Å². The molecule has 0 aromatic heterocycles. The molecule has 0 spiro atoms. The summed E-state index contributed by atoms with van der Waals surface area (Å²) in [5.74, 6) is -1.34. The smallest absolute Gasteiger partial charge is 0.256 e. The Morgan fingerprint density at radius 3 is 2.13 bits per heavy atom. The highest BCUT2D eigenvalue weighted by Crippen LogP contribution is 2.22. The number of carbonyl (C=O) groups is 2. The number of para-hydroxylation sites is 1. The van der Waals surface area contributed by atoms with Crippen molar-refractivity contribution < 1.29 is 22.4 Å². The van der Waals surface area contributed by atoms with Crippen LogP contribution in [0.25, 0.3) is 0 Å². The van der Waals surface area contributed by atoms with Gasteiger partial charge in [0, 0.05) is 26.2 Å². The van der Waals surface area contributed by atoms with Gasteiger partial charge in [-0.3, -0.25) is 13.9 Å². The summed E-state index contributed by atoms with van der Waals surface area (Å²) in [6, 6.07) is 12.7. The number of amides is 2. The van der Waals surface area contributed by atoms with Crippen molar-refractivity contribution in [2.75, 3.05) is 43.3 Å². The van der Waals surface area contributed by atoms with Crippen molar-refractivity contribution in [1.82, 2.24) is 9.80 Å². The van der Waals surface area contributed by atoms with E-state index in [0.29, 0.717) is 5.69 Å². The van der Waals surface area contributed by atoms with Crippen LogP contribution in [0.5, 0.6) is 0 Å². The maximum absolute atomic E-state index is 13.9. The van der Waals surface area contributed by atoms with Gasteiger partial charge in [0.1, 0.15) is 12.4 Å². The molecule has 0 bridgehead atoms. The Morgan fingerprint density at radius 2 is 1.53 bits per heavy atom. The van der Waals surface area contributed by atoms with Crippen molar-refractivity contribution in [3.63, 3.8) is 0 Å². The molecule has 1 saturated heterocycles. The number of sulfonamides is 1. The average Bonchev–Trinajstić information content (AvgIpc) is 2.72. The molecule has 3 rings (SSSR count). The lowest BCUT2D eigenvalue weighted by molar-refractivity contribution is -0.131. The third kappa shape index (κ3) is 4.79. The average molecular weight is 434 g/mol. The van der Waals surface area contributed by atoms with Gasteiger partial charge in [0.2, 0.25) is 15.9 Å². The van der Waals surface area contributed by atoms with Gasteiger partial charge < -0.3 is 9.80 Å². The van der Waals surface area contributed by atoms with E-state index >= 15 is 0 Å². The third-order valence-electron chi connectivity index (χ3n) is 5.09. The fourth-order valence-electron chi connectivity index (χ4n) is 3.41. The summed E-state index contributed by atoms with van der Waals surface area (Å²) in [5, 5.41) is 0. The van der Waals surface area contributed by atoms with Crippen molar-refractivity contribution in [1.29, 1.82) is 0 Å². The molecule has 0 radical (unpaired) electrons.